The molecule has 0 bridgehead atoms. The van der Waals surface area contributed by atoms with Crippen LogP contribution in [0.4, 0.5) is 5.82 Å². The van der Waals surface area contributed by atoms with E-state index in [1.54, 1.807) is 0 Å². The van der Waals surface area contributed by atoms with E-state index in [1.807, 2.05) is 0 Å². The van der Waals surface area contributed by atoms with Crippen LogP contribution in [0.5, 0.6) is 0 Å². The molecule has 1 aromatic heterocycles. The Hall–Kier alpha value is -1.29. The van der Waals surface area contributed by atoms with Gasteiger partial charge in [0.25, 0.3) is 0 Å². The van der Waals surface area contributed by atoms with Crippen molar-refractivity contribution in [2.75, 3.05) is 5.32 Å². The number of carboxylic acid groups (broad SMARTS) is 1. The molecular weight excluding hydrogens is 252 g/mol. The predicted molar refractivity (Wildman–Crippen MR) is 71.2 cm³/mol. The third-order valence-electron chi connectivity index (χ3n) is 3.40. The average Bonchev–Trinajstić information content (AvgIpc) is 2.61. The fourth-order valence-corrected chi connectivity index (χ4v) is 2.63. The molecule has 2 rings (SSSR count). The average molecular weight is 269 g/mol. The number of hydrogen-bond donors (Lipinski definition) is 2. The van der Waals surface area contributed by atoms with E-state index in [0.717, 1.165) is 12.8 Å². The van der Waals surface area contributed by atoms with E-state index in [-0.39, 0.29) is 5.56 Å². The second-order valence-corrected chi connectivity index (χ2v) is 6.02. The molecule has 1 atom stereocenters. The van der Waals surface area contributed by atoms with Crippen LogP contribution in [-0.2, 0) is 0 Å². The second-order valence-electron chi connectivity index (χ2n) is 5.61. The molecule has 0 radical (unpaired) electrons. The van der Waals surface area contributed by atoms with Gasteiger partial charge in [0.1, 0.15) is 5.82 Å². The van der Waals surface area contributed by atoms with Crippen LogP contribution in [-0.4, -0.2) is 22.1 Å². The van der Waals surface area contributed by atoms with Gasteiger partial charge in [0, 0.05) is 12.2 Å². The molecule has 4 nitrogen and oxygen atoms in total. The van der Waals surface area contributed by atoms with Crippen molar-refractivity contribution in [2.45, 2.75) is 39.2 Å². The van der Waals surface area contributed by atoms with Gasteiger partial charge in [0.15, 0.2) is 0 Å². The Morgan fingerprint density at radius 3 is 2.83 bits per heavy atom. The molecule has 1 aliphatic rings. The zero-order valence-electron chi connectivity index (χ0n) is 10.5. The molecule has 0 saturated heterocycles. The molecule has 0 amide bonds. The van der Waals surface area contributed by atoms with Crippen LogP contribution in [0.2, 0.25) is 5.02 Å². The standard InChI is InChI=1S/C13H17ClN2O2/c1-13(2)4-3-9(6-13)16-11-10(14)5-8(7-15-11)12(17)18/h5,7,9H,3-4,6H2,1-2H3,(H,15,16)(H,17,18). The number of rotatable bonds is 3. The number of carboxylic acids is 1. The molecule has 1 fully saturated rings. The SMILES string of the molecule is CC1(C)CCC(Nc2ncc(C(=O)O)cc2Cl)C1. The van der Waals surface area contributed by atoms with Gasteiger partial charge in [-0.3, -0.25) is 0 Å². The number of pyridine rings is 1. The summed E-state index contributed by atoms with van der Waals surface area (Å²) >= 11 is 6.03. The number of nitrogens with one attached hydrogen (secondary N) is 1. The van der Waals surface area contributed by atoms with Crippen molar-refractivity contribution in [2.24, 2.45) is 5.41 Å². The van der Waals surface area contributed by atoms with E-state index in [0.29, 0.717) is 22.3 Å². The van der Waals surface area contributed by atoms with Crippen LogP contribution in [0.25, 0.3) is 0 Å². The fraction of sp³-hybridized carbons (Fsp3) is 0.538. The van der Waals surface area contributed by atoms with Crippen molar-refractivity contribution in [3.63, 3.8) is 0 Å². The molecule has 0 aromatic carbocycles. The van der Waals surface area contributed by atoms with Gasteiger partial charge in [-0.25, -0.2) is 9.78 Å². The summed E-state index contributed by atoms with van der Waals surface area (Å²) in [4.78, 5) is 14.9. The van der Waals surface area contributed by atoms with Crippen molar-refractivity contribution in [1.82, 2.24) is 4.98 Å². The van der Waals surface area contributed by atoms with Crippen LogP contribution in [0.3, 0.4) is 0 Å². The summed E-state index contributed by atoms with van der Waals surface area (Å²) in [5, 5.41) is 12.5. The van der Waals surface area contributed by atoms with Crippen LogP contribution in [0.1, 0.15) is 43.5 Å². The second kappa shape index (κ2) is 4.76. The summed E-state index contributed by atoms with van der Waals surface area (Å²) in [6, 6.07) is 1.79. The smallest absolute Gasteiger partial charge is 0.337 e. The Morgan fingerprint density at radius 1 is 1.61 bits per heavy atom. The molecule has 98 valence electrons. The Morgan fingerprint density at radius 2 is 2.33 bits per heavy atom. The van der Waals surface area contributed by atoms with Crippen molar-refractivity contribution in [3.05, 3.63) is 22.8 Å². The third-order valence-corrected chi connectivity index (χ3v) is 3.69. The van der Waals surface area contributed by atoms with E-state index >= 15 is 0 Å². The van der Waals surface area contributed by atoms with Crippen molar-refractivity contribution < 1.29 is 9.90 Å². The van der Waals surface area contributed by atoms with Crippen molar-refractivity contribution in [1.29, 1.82) is 0 Å². The number of anilines is 1. The van der Waals surface area contributed by atoms with E-state index in [4.69, 9.17) is 16.7 Å². The topological polar surface area (TPSA) is 62.2 Å². The van der Waals surface area contributed by atoms with Crippen LogP contribution >= 0.6 is 11.6 Å². The largest absolute Gasteiger partial charge is 0.478 e. The minimum atomic E-state index is -1.02. The Bertz CT molecular complexity index is 474. The zero-order valence-corrected chi connectivity index (χ0v) is 11.3. The maximum Gasteiger partial charge on any atom is 0.337 e. The van der Waals surface area contributed by atoms with Crippen molar-refractivity contribution in [3.8, 4) is 0 Å². The molecule has 1 unspecified atom stereocenters. The summed E-state index contributed by atoms with van der Waals surface area (Å²) < 4.78 is 0. The maximum atomic E-state index is 10.8. The lowest BCUT2D eigenvalue weighted by molar-refractivity contribution is 0.0696. The van der Waals surface area contributed by atoms with Gasteiger partial charge in [0.05, 0.1) is 10.6 Å². The minimum absolute atomic E-state index is 0.109. The number of nitrogens with zero attached hydrogens (tertiary/aromatic N) is 1. The number of carbonyl (C=O) groups is 1. The van der Waals surface area contributed by atoms with Gasteiger partial charge >= 0.3 is 5.97 Å². The molecule has 5 heteroatoms. The molecule has 1 saturated carbocycles. The predicted octanol–water partition coefficient (Wildman–Crippen LogP) is 3.42. The quantitative estimate of drug-likeness (QED) is 0.882. The van der Waals surface area contributed by atoms with Crippen LogP contribution in [0.15, 0.2) is 12.3 Å². The maximum absolute atomic E-state index is 10.8. The summed E-state index contributed by atoms with van der Waals surface area (Å²) in [7, 11) is 0. The molecule has 2 N–H and O–H groups in total. The van der Waals surface area contributed by atoms with E-state index in [1.165, 1.54) is 18.7 Å². The molecule has 1 heterocycles. The molecular formula is C13H17ClN2O2. The fourth-order valence-electron chi connectivity index (χ4n) is 2.41. The minimum Gasteiger partial charge on any atom is -0.478 e. The molecule has 18 heavy (non-hydrogen) atoms. The van der Waals surface area contributed by atoms with Gasteiger partial charge in [0.2, 0.25) is 0 Å². The highest BCUT2D eigenvalue weighted by atomic mass is 35.5. The number of aromatic carboxylic acids is 1. The lowest BCUT2D eigenvalue weighted by Gasteiger charge is -2.18. The van der Waals surface area contributed by atoms with Crippen molar-refractivity contribution >= 4 is 23.4 Å². The lowest BCUT2D eigenvalue weighted by Crippen LogP contribution is -2.18. The highest BCUT2D eigenvalue weighted by molar-refractivity contribution is 6.33. The molecule has 0 spiro atoms. The number of hydrogen-bond acceptors (Lipinski definition) is 3. The van der Waals surface area contributed by atoms with Gasteiger partial charge in [-0.1, -0.05) is 25.4 Å². The lowest BCUT2D eigenvalue weighted by atomic mass is 9.92. The summed E-state index contributed by atoms with van der Waals surface area (Å²) in [5.41, 5.74) is 0.461. The van der Waals surface area contributed by atoms with E-state index in [9.17, 15) is 4.79 Å². The monoisotopic (exact) mass is 268 g/mol. The normalized spacial score (nSPS) is 21.8. The molecule has 0 aliphatic heterocycles. The van der Waals surface area contributed by atoms with Gasteiger partial charge in [-0.05, 0) is 30.7 Å². The van der Waals surface area contributed by atoms with Gasteiger partial charge in [-0.15, -0.1) is 0 Å². The van der Waals surface area contributed by atoms with Crippen LogP contribution < -0.4 is 5.32 Å². The Balaban J connectivity index is 2.09. The highest BCUT2D eigenvalue weighted by Gasteiger charge is 2.31. The highest BCUT2D eigenvalue weighted by Crippen LogP contribution is 2.38. The van der Waals surface area contributed by atoms with E-state index < -0.39 is 5.97 Å². The zero-order chi connectivity index (χ0) is 13.3. The molecule has 1 aliphatic carbocycles. The molecule has 1 aromatic rings. The first-order chi connectivity index (χ1) is 8.37. The number of halogens is 1. The van der Waals surface area contributed by atoms with Gasteiger partial charge in [-0.2, -0.15) is 0 Å². The summed E-state index contributed by atoms with van der Waals surface area (Å²) in [5.74, 6) is -0.442. The first kappa shape index (κ1) is 13.1. The van der Waals surface area contributed by atoms with Gasteiger partial charge < -0.3 is 10.4 Å². The Kier molecular flexibility index (Phi) is 3.48. The summed E-state index contributed by atoms with van der Waals surface area (Å²) in [6.45, 7) is 4.49. The Labute approximate surface area is 111 Å². The first-order valence-electron chi connectivity index (χ1n) is 6.03. The van der Waals surface area contributed by atoms with E-state index in [2.05, 4.69) is 24.1 Å². The first-order valence-corrected chi connectivity index (χ1v) is 6.40. The summed E-state index contributed by atoms with van der Waals surface area (Å²) in [6.07, 6.45) is 4.67. The van der Waals surface area contributed by atoms with Crippen LogP contribution in [0, 0.1) is 5.41 Å². The third kappa shape index (κ3) is 2.93. The number of aromatic nitrogens is 1.